The Labute approximate surface area is 87.1 Å². The minimum absolute atomic E-state index is 0.197. The van der Waals surface area contributed by atoms with Crippen molar-refractivity contribution in [3.63, 3.8) is 0 Å². The molecule has 0 aliphatic carbocycles. The van der Waals surface area contributed by atoms with E-state index in [0.29, 0.717) is 6.29 Å². The summed E-state index contributed by atoms with van der Waals surface area (Å²) < 4.78 is 15.5. The Morgan fingerprint density at radius 2 is 2.33 bits per heavy atom. The van der Waals surface area contributed by atoms with Gasteiger partial charge >= 0.3 is 0 Å². The lowest BCUT2D eigenvalue weighted by Gasteiger charge is -2.11. The van der Waals surface area contributed by atoms with Crippen LogP contribution in [0.2, 0.25) is 0 Å². The molecule has 1 atom stereocenters. The van der Waals surface area contributed by atoms with Crippen molar-refractivity contribution in [1.82, 2.24) is 0 Å². The Hall–Kier alpha value is -1.97. The van der Waals surface area contributed by atoms with Crippen LogP contribution in [0.1, 0.15) is 11.9 Å². The van der Waals surface area contributed by atoms with E-state index in [2.05, 4.69) is 0 Å². The summed E-state index contributed by atoms with van der Waals surface area (Å²) in [6, 6.07) is 7.30. The molecule has 0 fully saturated rings. The maximum Gasteiger partial charge on any atom is 0.267 e. The first-order chi connectivity index (χ1) is 7.33. The van der Waals surface area contributed by atoms with Crippen LogP contribution in [0.25, 0.3) is 0 Å². The molecule has 0 bridgehead atoms. The maximum absolute atomic E-state index is 10.4. The molecule has 2 rings (SSSR count). The summed E-state index contributed by atoms with van der Waals surface area (Å²) in [7, 11) is 1.59. The van der Waals surface area contributed by atoms with Crippen molar-refractivity contribution < 1.29 is 19.0 Å². The molecule has 0 saturated heterocycles. The molecule has 1 aliphatic rings. The van der Waals surface area contributed by atoms with E-state index in [4.69, 9.17) is 14.2 Å². The molecule has 0 aromatic heterocycles. The van der Waals surface area contributed by atoms with E-state index >= 15 is 0 Å². The van der Waals surface area contributed by atoms with Crippen LogP contribution in [-0.2, 0) is 14.3 Å². The lowest BCUT2D eigenvalue weighted by molar-refractivity contribution is -0.110. The minimum atomic E-state index is -0.555. The molecule has 0 amide bonds. The molecule has 0 spiro atoms. The highest BCUT2D eigenvalue weighted by molar-refractivity contribution is 5.70. The Kier molecular flexibility index (Phi) is 2.58. The number of methoxy groups -OCH3 is 1. The van der Waals surface area contributed by atoms with Gasteiger partial charge in [-0.1, -0.05) is 12.1 Å². The van der Waals surface area contributed by atoms with Crippen molar-refractivity contribution in [2.45, 2.75) is 6.29 Å². The summed E-state index contributed by atoms with van der Waals surface area (Å²) in [6.07, 6.45) is 1.36. The van der Waals surface area contributed by atoms with Gasteiger partial charge in [0.2, 0.25) is 0 Å². The predicted octanol–water partition coefficient (Wildman–Crippen LogP) is 1.78. The molecule has 0 saturated carbocycles. The third kappa shape index (κ3) is 1.93. The largest absolute Gasteiger partial charge is 0.497 e. The van der Waals surface area contributed by atoms with Gasteiger partial charge in [-0.2, -0.15) is 0 Å². The quantitative estimate of drug-likeness (QED) is 0.707. The lowest BCUT2D eigenvalue weighted by atomic mass is 10.2. The fourth-order valence-corrected chi connectivity index (χ4v) is 1.30. The summed E-state index contributed by atoms with van der Waals surface area (Å²) >= 11 is 0. The molecule has 1 aromatic carbocycles. The normalized spacial score (nSPS) is 18.7. The van der Waals surface area contributed by atoms with E-state index in [9.17, 15) is 4.79 Å². The van der Waals surface area contributed by atoms with Gasteiger partial charge in [0.25, 0.3) is 6.29 Å². The number of hydrogen-bond donors (Lipinski definition) is 0. The van der Waals surface area contributed by atoms with Crippen molar-refractivity contribution in [2.75, 3.05) is 7.11 Å². The average molecular weight is 206 g/mol. The molecule has 1 aromatic rings. The number of carbonyl (C=O) groups is 1. The Morgan fingerprint density at radius 1 is 1.47 bits per heavy atom. The van der Waals surface area contributed by atoms with E-state index in [1.807, 2.05) is 18.2 Å². The fourth-order valence-electron chi connectivity index (χ4n) is 1.30. The van der Waals surface area contributed by atoms with Crippen LogP contribution >= 0.6 is 0 Å². The van der Waals surface area contributed by atoms with E-state index in [1.165, 1.54) is 6.26 Å². The van der Waals surface area contributed by atoms with Crippen LogP contribution in [0.5, 0.6) is 5.75 Å². The van der Waals surface area contributed by atoms with Crippen molar-refractivity contribution in [1.29, 1.82) is 0 Å². The predicted molar refractivity (Wildman–Crippen MR) is 52.1 cm³/mol. The first kappa shape index (κ1) is 9.58. The van der Waals surface area contributed by atoms with E-state index in [0.717, 1.165) is 11.3 Å². The maximum atomic E-state index is 10.4. The SMILES string of the molecule is COc1cccc(C2OC=C(C=O)O2)c1. The van der Waals surface area contributed by atoms with Gasteiger partial charge in [0.05, 0.1) is 7.11 Å². The number of benzene rings is 1. The van der Waals surface area contributed by atoms with Crippen molar-refractivity contribution >= 4 is 6.29 Å². The minimum Gasteiger partial charge on any atom is -0.497 e. The third-order valence-electron chi connectivity index (χ3n) is 2.03. The summed E-state index contributed by atoms with van der Waals surface area (Å²) in [6.45, 7) is 0. The van der Waals surface area contributed by atoms with Crippen LogP contribution in [0.4, 0.5) is 0 Å². The molecular formula is C11H10O4. The summed E-state index contributed by atoms with van der Waals surface area (Å²) in [5.41, 5.74) is 0.808. The zero-order chi connectivity index (χ0) is 10.7. The topological polar surface area (TPSA) is 44.8 Å². The first-order valence-electron chi connectivity index (χ1n) is 4.45. The monoisotopic (exact) mass is 206 g/mol. The second-order valence-electron chi connectivity index (χ2n) is 3.00. The van der Waals surface area contributed by atoms with Gasteiger partial charge in [-0.25, -0.2) is 0 Å². The molecule has 1 aliphatic heterocycles. The molecule has 78 valence electrons. The number of allylic oxidation sites excluding steroid dienone is 1. The molecule has 0 N–H and O–H groups in total. The molecule has 4 heteroatoms. The molecule has 15 heavy (non-hydrogen) atoms. The van der Waals surface area contributed by atoms with Gasteiger partial charge in [0.15, 0.2) is 12.0 Å². The van der Waals surface area contributed by atoms with Crippen LogP contribution < -0.4 is 4.74 Å². The smallest absolute Gasteiger partial charge is 0.267 e. The van der Waals surface area contributed by atoms with Crippen molar-refractivity contribution in [2.24, 2.45) is 0 Å². The Morgan fingerprint density at radius 3 is 3.00 bits per heavy atom. The van der Waals surface area contributed by atoms with Gasteiger partial charge in [0.1, 0.15) is 12.0 Å². The van der Waals surface area contributed by atoms with Crippen LogP contribution in [0, 0.1) is 0 Å². The number of ether oxygens (including phenoxy) is 3. The molecule has 0 radical (unpaired) electrons. The number of carbonyl (C=O) groups excluding carboxylic acids is 1. The van der Waals surface area contributed by atoms with Crippen molar-refractivity contribution in [3.05, 3.63) is 41.9 Å². The average Bonchev–Trinajstić information content (AvgIpc) is 2.78. The van der Waals surface area contributed by atoms with Crippen LogP contribution in [0.15, 0.2) is 36.3 Å². The van der Waals surface area contributed by atoms with E-state index in [-0.39, 0.29) is 5.76 Å². The van der Waals surface area contributed by atoms with E-state index in [1.54, 1.807) is 13.2 Å². The van der Waals surface area contributed by atoms with Gasteiger partial charge in [-0.05, 0) is 12.1 Å². The summed E-state index contributed by atoms with van der Waals surface area (Å²) in [4.78, 5) is 10.4. The molecule has 1 heterocycles. The zero-order valence-electron chi connectivity index (χ0n) is 8.17. The second-order valence-corrected chi connectivity index (χ2v) is 3.00. The van der Waals surface area contributed by atoms with Gasteiger partial charge in [0, 0.05) is 5.56 Å². The standard InChI is InChI=1S/C11H10O4/c1-13-9-4-2-3-8(5-9)11-14-7-10(6-12)15-11/h2-7,11H,1H3. The number of aldehydes is 1. The number of hydrogen-bond acceptors (Lipinski definition) is 4. The Bertz CT molecular complexity index is 397. The summed E-state index contributed by atoms with van der Waals surface area (Å²) in [5, 5.41) is 0. The molecular weight excluding hydrogens is 196 g/mol. The lowest BCUT2D eigenvalue weighted by Crippen LogP contribution is -1.99. The van der Waals surface area contributed by atoms with E-state index < -0.39 is 6.29 Å². The Balaban J connectivity index is 2.14. The third-order valence-corrected chi connectivity index (χ3v) is 2.03. The van der Waals surface area contributed by atoms with Crippen molar-refractivity contribution in [3.8, 4) is 5.75 Å². The highest BCUT2D eigenvalue weighted by Crippen LogP contribution is 2.29. The highest BCUT2D eigenvalue weighted by atomic mass is 16.7. The van der Waals surface area contributed by atoms with Gasteiger partial charge in [-0.3, -0.25) is 4.79 Å². The number of rotatable bonds is 3. The summed E-state index contributed by atoms with van der Waals surface area (Å²) in [5.74, 6) is 0.919. The van der Waals surface area contributed by atoms with Crippen LogP contribution in [-0.4, -0.2) is 13.4 Å². The second kappa shape index (κ2) is 4.04. The fraction of sp³-hybridized carbons (Fsp3) is 0.182. The highest BCUT2D eigenvalue weighted by Gasteiger charge is 2.21. The van der Waals surface area contributed by atoms with Crippen LogP contribution in [0.3, 0.4) is 0 Å². The first-order valence-corrected chi connectivity index (χ1v) is 4.45. The molecule has 1 unspecified atom stereocenters. The van der Waals surface area contributed by atoms with Gasteiger partial charge < -0.3 is 14.2 Å². The van der Waals surface area contributed by atoms with Gasteiger partial charge in [-0.15, -0.1) is 0 Å². The zero-order valence-corrected chi connectivity index (χ0v) is 8.17. The molecule has 4 nitrogen and oxygen atoms in total.